The quantitative estimate of drug-likeness (QED) is 0.0313. The predicted octanol–water partition coefficient (Wildman–Crippen LogP) is 19.2. The first kappa shape index (κ1) is 74.1. The second-order valence-corrected chi connectivity index (χ2v) is 26.9. The molecule has 8 heterocycles. The van der Waals surface area contributed by atoms with Gasteiger partial charge in [0.1, 0.15) is 29.0 Å². The maximum atomic E-state index is 11.2. The summed E-state index contributed by atoms with van der Waals surface area (Å²) in [5.41, 5.74) is 12.7. The molecular weight excluding hydrogens is 1380 g/mol. The smallest absolute Gasteiger partial charge is 0.335 e. The van der Waals surface area contributed by atoms with Crippen LogP contribution in [0.25, 0.3) is 53.6 Å². The molecule has 0 amide bonds. The molecule has 0 spiro atoms. The summed E-state index contributed by atoms with van der Waals surface area (Å²) in [4.78, 5) is 85.5. The number of nitrogens with one attached hydrogen (secondary N) is 4. The Kier molecular flexibility index (Phi) is 24.9. The molecule has 13 rings (SSSR count). The van der Waals surface area contributed by atoms with Crippen LogP contribution in [0.4, 0.5) is 46.0 Å². The van der Waals surface area contributed by atoms with Crippen molar-refractivity contribution in [2.75, 3.05) is 28.4 Å². The highest BCUT2D eigenvalue weighted by Gasteiger charge is 2.20. The summed E-state index contributed by atoms with van der Waals surface area (Å²) in [6, 6.07) is 45.6. The van der Waals surface area contributed by atoms with E-state index in [2.05, 4.69) is 67.0 Å². The molecule has 21 nitrogen and oxygen atoms in total. The normalized spacial score (nSPS) is 10.7. The number of carboxylic acids is 4. The lowest BCUT2D eigenvalue weighted by Crippen LogP contribution is -2.06. The Hall–Kier alpha value is -11.6. The minimum Gasteiger partial charge on any atom is -0.495 e. The molecule has 8 aromatic heterocycles. The van der Waals surface area contributed by atoms with Gasteiger partial charge in [-0.25, -0.2) is 54.3 Å². The summed E-state index contributed by atoms with van der Waals surface area (Å²) >= 11 is 6.41. The van der Waals surface area contributed by atoms with Crippen LogP contribution in [0.5, 0.6) is 5.75 Å². The number of carboxylic acid groups (broad SMARTS) is 4. The zero-order valence-corrected chi connectivity index (χ0v) is 61.1. The maximum Gasteiger partial charge on any atom is 0.335 e. The van der Waals surface area contributed by atoms with Crippen LogP contribution in [-0.4, -0.2) is 91.3 Å². The first-order valence-electron chi connectivity index (χ1n) is 32.8. The molecule has 0 aliphatic rings. The molecule has 0 saturated carbocycles. The van der Waals surface area contributed by atoms with Crippen LogP contribution in [0.3, 0.4) is 0 Å². The van der Waals surface area contributed by atoms with Crippen LogP contribution in [0.2, 0.25) is 0 Å². The van der Waals surface area contributed by atoms with Crippen molar-refractivity contribution in [3.63, 3.8) is 0 Å². The average Bonchev–Trinajstić information content (AvgIpc) is 1.61. The van der Waals surface area contributed by atoms with E-state index >= 15 is 0 Å². The van der Waals surface area contributed by atoms with Crippen LogP contribution < -0.4 is 26.0 Å². The van der Waals surface area contributed by atoms with Gasteiger partial charge in [0.05, 0.1) is 55.4 Å². The van der Waals surface area contributed by atoms with E-state index in [4.69, 9.17) is 40.1 Å². The predicted molar refractivity (Wildman–Crippen MR) is 413 cm³/mol. The van der Waals surface area contributed by atoms with Crippen molar-refractivity contribution in [1.29, 1.82) is 0 Å². The van der Waals surface area contributed by atoms with Crippen molar-refractivity contribution < 1.29 is 44.3 Å². The van der Waals surface area contributed by atoms with E-state index in [1.54, 1.807) is 87.8 Å². The number of aromatic nitrogens is 8. The van der Waals surface area contributed by atoms with Gasteiger partial charge in [-0.3, -0.25) is 4.79 Å². The minimum atomic E-state index is -0.998. The van der Waals surface area contributed by atoms with Crippen molar-refractivity contribution >= 4 is 126 Å². The van der Waals surface area contributed by atoms with E-state index < -0.39 is 23.9 Å². The Morgan fingerprint density at radius 3 is 1.07 bits per heavy atom. The molecule has 524 valence electrons. The number of thiophene rings is 4. The first-order chi connectivity index (χ1) is 49.7. The van der Waals surface area contributed by atoms with Gasteiger partial charge in [-0.1, -0.05) is 76.2 Å². The van der Waals surface area contributed by atoms with Gasteiger partial charge in [0, 0.05) is 62.1 Å². The summed E-state index contributed by atoms with van der Waals surface area (Å²) in [7, 11) is 1.51. The van der Waals surface area contributed by atoms with Crippen LogP contribution >= 0.6 is 45.3 Å². The van der Waals surface area contributed by atoms with Gasteiger partial charge >= 0.3 is 23.9 Å². The van der Waals surface area contributed by atoms with E-state index in [1.807, 2.05) is 153 Å². The Balaban J connectivity index is 0.000000148. The van der Waals surface area contributed by atoms with Gasteiger partial charge in [0.2, 0.25) is 0 Å². The second-order valence-electron chi connectivity index (χ2n) is 23.1. The van der Waals surface area contributed by atoms with Crippen LogP contribution in [0.15, 0.2) is 173 Å². The number of ether oxygens (including phenoxy) is 1. The molecular formula is C78H74N12O9S4. The molecule has 0 unspecified atom stereocenters. The molecule has 0 atom stereocenters. The zero-order chi connectivity index (χ0) is 73.3. The first-order valence-corrected chi connectivity index (χ1v) is 36.3. The fourth-order valence-corrected chi connectivity index (χ4v) is 13.7. The van der Waals surface area contributed by atoms with Crippen molar-refractivity contribution in [3.05, 3.63) is 240 Å². The van der Waals surface area contributed by atoms with E-state index in [0.29, 0.717) is 28.9 Å². The van der Waals surface area contributed by atoms with Gasteiger partial charge in [-0.05, 0) is 194 Å². The van der Waals surface area contributed by atoms with Crippen molar-refractivity contribution in [2.24, 2.45) is 0 Å². The molecule has 13 aromatic rings. The number of anilines is 8. The number of hydrogen-bond acceptors (Lipinski definition) is 21. The van der Waals surface area contributed by atoms with Crippen LogP contribution in [-0.2, 0) is 36.9 Å². The number of carbonyl (C=O) groups is 4. The van der Waals surface area contributed by atoms with Gasteiger partial charge in [-0.2, -0.15) is 0 Å². The number of fused-ring (bicyclic) bond motifs is 1. The van der Waals surface area contributed by atoms with Crippen molar-refractivity contribution in [2.45, 2.75) is 87.5 Å². The van der Waals surface area contributed by atoms with Crippen LogP contribution in [0.1, 0.15) is 109 Å². The van der Waals surface area contributed by atoms with E-state index in [9.17, 15) is 19.2 Å². The molecule has 5 aromatic carbocycles. The van der Waals surface area contributed by atoms with Crippen molar-refractivity contribution in [3.8, 4) is 48.6 Å². The second kappa shape index (κ2) is 34.6. The number of aliphatic carboxylic acids is 1. The largest absolute Gasteiger partial charge is 0.495 e. The van der Waals surface area contributed by atoms with Gasteiger partial charge < -0.3 is 46.4 Å². The molecule has 25 heteroatoms. The lowest BCUT2D eigenvalue weighted by molar-refractivity contribution is -0.136. The Morgan fingerprint density at radius 2 is 0.709 bits per heavy atom. The van der Waals surface area contributed by atoms with Gasteiger partial charge in [0.15, 0.2) is 23.3 Å². The molecule has 0 radical (unpaired) electrons. The molecule has 0 saturated heterocycles. The highest BCUT2D eigenvalue weighted by Crippen LogP contribution is 2.35. The number of hydrogen-bond donors (Lipinski definition) is 8. The SMILES string of the molecule is CCc1c(C)nc(-c2cccs2)nc1Nc1ccc(C(=O)O)cc1.CCc1c(C)nc(-c2cccs2)nc1Nc1ccc(C(=O)O)cc1OC.CCc1c(C)nc(-c2cccs2)nc1Nc1ccc(CC(=O)O)cc1.CCc1c(C)nc(-c2cccs2)nc1Nc1ccc2cc(C(=O)O)ccc2c1. The molecule has 8 N–H and O–H groups in total. The highest BCUT2D eigenvalue weighted by molar-refractivity contribution is 7.14. The number of benzene rings is 5. The summed E-state index contributed by atoms with van der Waals surface area (Å²) < 4.78 is 5.35. The zero-order valence-electron chi connectivity index (χ0n) is 57.8. The molecule has 103 heavy (non-hydrogen) atoms. The molecule has 0 fully saturated rings. The van der Waals surface area contributed by atoms with E-state index in [0.717, 1.165) is 153 Å². The summed E-state index contributed by atoms with van der Waals surface area (Å²) in [5, 5.41) is 59.4. The number of aromatic carboxylic acids is 3. The standard InChI is InChI=1S/C22H19N3O2S.C19H19N3O3S.C19H19N3O2S.C18H17N3O2S/c1-3-18-13(2)23-21(19-5-4-10-28-19)25-20(18)24-17-9-8-14-11-16(22(26)27)7-6-15(14)12-17;1-4-13-11(2)20-18(16-6-5-9-26-16)22-17(13)21-14-8-7-12(19(23)24)10-15(14)25-3;1-3-15-12(2)20-19(16-5-4-10-25-16)22-18(15)21-14-8-6-13(7-9-14)11-17(23)24;1-3-14-11(2)19-17(15-5-4-10-24-15)21-16(14)20-13-8-6-12(7-9-13)18(22)23/h4-12H,3H2,1-2H3,(H,26,27)(H,23,24,25);5-10H,4H2,1-3H3,(H,23,24)(H,20,21,22);4-10H,3,11H2,1-2H3,(H,23,24)(H,20,21,22);4-10H,3H2,1-2H3,(H,22,23)(H,19,20,21). The minimum absolute atomic E-state index is 0.0234. The highest BCUT2D eigenvalue weighted by atomic mass is 32.1. The maximum absolute atomic E-state index is 11.2. The lowest BCUT2D eigenvalue weighted by atomic mass is 10.1. The third kappa shape index (κ3) is 18.9. The average molecular weight is 1450 g/mol. The fraction of sp³-hybridized carbons (Fsp3) is 0.179. The molecule has 0 aliphatic heterocycles. The monoisotopic (exact) mass is 1450 g/mol. The Labute approximate surface area is 611 Å². The lowest BCUT2D eigenvalue weighted by Gasteiger charge is -2.16. The van der Waals surface area contributed by atoms with Crippen molar-refractivity contribution in [1.82, 2.24) is 39.9 Å². The van der Waals surface area contributed by atoms with E-state index in [-0.39, 0.29) is 23.1 Å². The van der Waals surface area contributed by atoms with E-state index in [1.165, 1.54) is 19.2 Å². The number of nitrogens with zero attached hydrogens (tertiary/aromatic N) is 8. The summed E-state index contributed by atoms with van der Waals surface area (Å²) in [6.45, 7) is 16.2. The number of methoxy groups -OCH3 is 1. The third-order valence-electron chi connectivity index (χ3n) is 16.3. The third-order valence-corrected chi connectivity index (χ3v) is 19.7. The summed E-state index contributed by atoms with van der Waals surface area (Å²) in [6.07, 6.45) is 3.26. The molecule has 0 aliphatic carbocycles. The number of aryl methyl sites for hydroxylation is 4. The fourth-order valence-electron chi connectivity index (χ4n) is 11.1. The Bertz CT molecular complexity index is 5120. The number of rotatable bonds is 22. The van der Waals surface area contributed by atoms with Gasteiger partial charge in [0.25, 0.3) is 0 Å². The summed E-state index contributed by atoms with van der Waals surface area (Å²) in [5.74, 6) is 2.62. The van der Waals surface area contributed by atoms with Gasteiger partial charge in [-0.15, -0.1) is 45.3 Å². The Morgan fingerprint density at radius 1 is 0.379 bits per heavy atom. The van der Waals surface area contributed by atoms with Crippen LogP contribution in [0, 0.1) is 27.7 Å². The topological polar surface area (TPSA) is 310 Å². The molecule has 0 bridgehead atoms.